The molecule has 0 saturated heterocycles. The predicted octanol–water partition coefficient (Wildman–Crippen LogP) is 4.78. The van der Waals surface area contributed by atoms with Crippen molar-refractivity contribution < 1.29 is 9.53 Å². The summed E-state index contributed by atoms with van der Waals surface area (Å²) in [7, 11) is 0. The Bertz CT molecular complexity index is 807. The Morgan fingerprint density at radius 1 is 1.25 bits per heavy atom. The first-order valence-corrected chi connectivity index (χ1v) is 8.23. The standard InChI is InChI=1S/C19H17BrN2O2/c1-13(2)24-17-8-5-7-16(11-17)22-19(23)15(12-21)10-14-6-3-4-9-18(14)20/h3-11,13H,1-2H3,(H,22,23)/b15-10-. The Labute approximate surface area is 149 Å². The van der Waals surface area contributed by atoms with E-state index in [0.29, 0.717) is 11.4 Å². The Balaban J connectivity index is 2.19. The van der Waals surface area contributed by atoms with E-state index in [0.717, 1.165) is 10.0 Å². The number of ether oxygens (including phenoxy) is 1. The average Bonchev–Trinajstić information content (AvgIpc) is 2.53. The molecule has 1 amide bonds. The summed E-state index contributed by atoms with van der Waals surface area (Å²) in [4.78, 5) is 12.3. The molecule has 122 valence electrons. The Morgan fingerprint density at radius 2 is 2.00 bits per heavy atom. The van der Waals surface area contributed by atoms with Crippen LogP contribution in [0.2, 0.25) is 0 Å². The normalized spacial score (nSPS) is 11.0. The van der Waals surface area contributed by atoms with Crippen molar-refractivity contribution in [3.8, 4) is 11.8 Å². The van der Waals surface area contributed by atoms with E-state index in [1.807, 2.05) is 50.2 Å². The van der Waals surface area contributed by atoms with E-state index in [1.54, 1.807) is 24.3 Å². The summed E-state index contributed by atoms with van der Waals surface area (Å²) in [6.45, 7) is 3.86. The van der Waals surface area contributed by atoms with Gasteiger partial charge in [0.1, 0.15) is 17.4 Å². The van der Waals surface area contributed by atoms with E-state index in [2.05, 4.69) is 21.2 Å². The molecule has 2 rings (SSSR count). The number of nitrogens with one attached hydrogen (secondary N) is 1. The Morgan fingerprint density at radius 3 is 2.67 bits per heavy atom. The van der Waals surface area contributed by atoms with Crippen molar-refractivity contribution in [1.29, 1.82) is 5.26 Å². The molecule has 5 heteroatoms. The number of halogens is 1. The first kappa shape index (κ1) is 17.8. The zero-order chi connectivity index (χ0) is 17.5. The summed E-state index contributed by atoms with van der Waals surface area (Å²) in [5.41, 5.74) is 1.37. The SMILES string of the molecule is CC(C)Oc1cccc(NC(=O)/C(C#N)=C\c2ccccc2Br)c1. The number of carbonyl (C=O) groups excluding carboxylic acids is 1. The summed E-state index contributed by atoms with van der Waals surface area (Å²) in [5, 5.41) is 12.0. The van der Waals surface area contributed by atoms with Crippen molar-refractivity contribution in [3.63, 3.8) is 0 Å². The van der Waals surface area contributed by atoms with Crippen molar-refractivity contribution in [3.05, 3.63) is 64.1 Å². The summed E-state index contributed by atoms with van der Waals surface area (Å²) in [5.74, 6) is 0.200. The number of hydrogen-bond acceptors (Lipinski definition) is 3. The molecule has 0 aliphatic rings. The molecule has 0 saturated carbocycles. The topological polar surface area (TPSA) is 62.1 Å². The average molecular weight is 385 g/mol. The quantitative estimate of drug-likeness (QED) is 0.595. The second kappa shape index (κ2) is 8.32. The van der Waals surface area contributed by atoms with Crippen LogP contribution in [-0.2, 0) is 4.79 Å². The fraction of sp³-hybridized carbons (Fsp3) is 0.158. The third kappa shape index (κ3) is 4.97. The second-order valence-electron chi connectivity index (χ2n) is 5.34. The van der Waals surface area contributed by atoms with Gasteiger partial charge in [-0.1, -0.05) is 40.2 Å². The molecule has 0 fully saturated rings. The van der Waals surface area contributed by atoms with Gasteiger partial charge in [0.15, 0.2) is 0 Å². The first-order valence-electron chi connectivity index (χ1n) is 7.44. The highest BCUT2D eigenvalue weighted by atomic mass is 79.9. The highest BCUT2D eigenvalue weighted by Crippen LogP contribution is 2.21. The smallest absolute Gasteiger partial charge is 0.266 e. The predicted molar refractivity (Wildman–Crippen MR) is 98.6 cm³/mol. The zero-order valence-corrected chi connectivity index (χ0v) is 15.0. The van der Waals surface area contributed by atoms with Gasteiger partial charge in [-0.2, -0.15) is 5.26 Å². The highest BCUT2D eigenvalue weighted by molar-refractivity contribution is 9.10. The van der Waals surface area contributed by atoms with E-state index in [1.165, 1.54) is 0 Å². The van der Waals surface area contributed by atoms with E-state index in [9.17, 15) is 10.1 Å². The Hall–Kier alpha value is -2.58. The fourth-order valence-corrected chi connectivity index (χ4v) is 2.41. The van der Waals surface area contributed by atoms with Crippen LogP contribution in [0, 0.1) is 11.3 Å². The minimum atomic E-state index is -0.463. The maximum Gasteiger partial charge on any atom is 0.266 e. The van der Waals surface area contributed by atoms with Crippen LogP contribution in [0.1, 0.15) is 19.4 Å². The molecular formula is C19H17BrN2O2. The molecule has 0 atom stereocenters. The highest BCUT2D eigenvalue weighted by Gasteiger charge is 2.11. The van der Waals surface area contributed by atoms with E-state index in [-0.39, 0.29) is 11.7 Å². The largest absolute Gasteiger partial charge is 0.491 e. The number of rotatable bonds is 5. The van der Waals surface area contributed by atoms with E-state index in [4.69, 9.17) is 4.74 Å². The van der Waals surface area contributed by atoms with Crippen molar-refractivity contribution in [2.45, 2.75) is 20.0 Å². The van der Waals surface area contributed by atoms with Crippen LogP contribution in [0.4, 0.5) is 5.69 Å². The summed E-state index contributed by atoms with van der Waals surface area (Å²) >= 11 is 3.40. The summed E-state index contributed by atoms with van der Waals surface area (Å²) < 4.78 is 6.41. The number of nitriles is 1. The van der Waals surface area contributed by atoms with Gasteiger partial charge >= 0.3 is 0 Å². The molecule has 0 unspecified atom stereocenters. The molecule has 0 heterocycles. The van der Waals surface area contributed by atoms with Gasteiger partial charge in [0, 0.05) is 16.2 Å². The molecule has 1 N–H and O–H groups in total. The molecule has 4 nitrogen and oxygen atoms in total. The molecule has 0 spiro atoms. The van der Waals surface area contributed by atoms with Crippen LogP contribution in [0.3, 0.4) is 0 Å². The number of anilines is 1. The zero-order valence-electron chi connectivity index (χ0n) is 13.4. The minimum absolute atomic E-state index is 0.0251. The minimum Gasteiger partial charge on any atom is -0.491 e. The third-order valence-electron chi connectivity index (χ3n) is 3.03. The number of amides is 1. The van der Waals surface area contributed by atoms with Crippen LogP contribution in [-0.4, -0.2) is 12.0 Å². The molecule has 2 aromatic rings. The lowest BCUT2D eigenvalue weighted by Crippen LogP contribution is -2.13. The van der Waals surface area contributed by atoms with E-state index >= 15 is 0 Å². The van der Waals surface area contributed by atoms with Gasteiger partial charge in [-0.05, 0) is 43.7 Å². The maximum absolute atomic E-state index is 12.3. The lowest BCUT2D eigenvalue weighted by atomic mass is 10.1. The number of benzene rings is 2. The summed E-state index contributed by atoms with van der Waals surface area (Å²) in [6, 6.07) is 16.4. The molecule has 0 radical (unpaired) electrons. The number of nitrogens with zero attached hydrogens (tertiary/aromatic N) is 1. The monoisotopic (exact) mass is 384 g/mol. The van der Waals surface area contributed by atoms with Gasteiger partial charge in [0.25, 0.3) is 5.91 Å². The van der Waals surface area contributed by atoms with Gasteiger partial charge < -0.3 is 10.1 Å². The lowest BCUT2D eigenvalue weighted by molar-refractivity contribution is -0.112. The molecule has 0 aliphatic carbocycles. The fourth-order valence-electron chi connectivity index (χ4n) is 2.01. The molecule has 0 aliphatic heterocycles. The van der Waals surface area contributed by atoms with Gasteiger partial charge in [-0.15, -0.1) is 0 Å². The number of carbonyl (C=O) groups is 1. The van der Waals surface area contributed by atoms with E-state index < -0.39 is 5.91 Å². The third-order valence-corrected chi connectivity index (χ3v) is 3.76. The van der Waals surface area contributed by atoms with Crippen molar-refractivity contribution in [2.24, 2.45) is 0 Å². The maximum atomic E-state index is 12.3. The van der Waals surface area contributed by atoms with Gasteiger partial charge in [-0.3, -0.25) is 4.79 Å². The molecule has 2 aromatic carbocycles. The van der Waals surface area contributed by atoms with Crippen LogP contribution < -0.4 is 10.1 Å². The van der Waals surface area contributed by atoms with Gasteiger partial charge in [-0.25, -0.2) is 0 Å². The molecular weight excluding hydrogens is 368 g/mol. The van der Waals surface area contributed by atoms with Crippen LogP contribution in [0.5, 0.6) is 5.75 Å². The van der Waals surface area contributed by atoms with Crippen LogP contribution in [0.15, 0.2) is 58.6 Å². The van der Waals surface area contributed by atoms with Crippen LogP contribution in [0.25, 0.3) is 6.08 Å². The van der Waals surface area contributed by atoms with Gasteiger partial charge in [0.2, 0.25) is 0 Å². The number of hydrogen-bond donors (Lipinski definition) is 1. The molecule has 0 aromatic heterocycles. The molecule has 0 bridgehead atoms. The second-order valence-corrected chi connectivity index (χ2v) is 6.19. The lowest BCUT2D eigenvalue weighted by Gasteiger charge is -2.11. The van der Waals surface area contributed by atoms with Crippen LogP contribution >= 0.6 is 15.9 Å². The van der Waals surface area contributed by atoms with Crippen molar-refractivity contribution in [1.82, 2.24) is 0 Å². The first-order chi connectivity index (χ1) is 11.5. The van der Waals surface area contributed by atoms with Crippen molar-refractivity contribution >= 4 is 33.6 Å². The molecule has 24 heavy (non-hydrogen) atoms. The van der Waals surface area contributed by atoms with Gasteiger partial charge in [0.05, 0.1) is 6.10 Å². The summed E-state index contributed by atoms with van der Waals surface area (Å²) in [6.07, 6.45) is 1.59. The van der Waals surface area contributed by atoms with Crippen molar-refractivity contribution in [2.75, 3.05) is 5.32 Å². The Kier molecular flexibility index (Phi) is 6.16.